The van der Waals surface area contributed by atoms with Gasteiger partial charge in [0.15, 0.2) is 0 Å². The Hall–Kier alpha value is -3.35. The van der Waals surface area contributed by atoms with Crippen LogP contribution in [0.1, 0.15) is 17.2 Å². The predicted octanol–water partition coefficient (Wildman–Crippen LogP) is 5.75. The maximum absolute atomic E-state index is 13.0. The van der Waals surface area contributed by atoms with Crippen LogP contribution in [0.2, 0.25) is 0 Å². The Balaban J connectivity index is 1.66. The first kappa shape index (κ1) is 20.9. The third-order valence-electron chi connectivity index (χ3n) is 5.56. The van der Waals surface area contributed by atoms with Crippen molar-refractivity contribution >= 4 is 11.4 Å². The Morgan fingerprint density at radius 3 is 1.74 bits per heavy atom. The zero-order valence-corrected chi connectivity index (χ0v) is 17.3. The van der Waals surface area contributed by atoms with Gasteiger partial charge >= 0.3 is 6.18 Å². The number of anilines is 2. The first-order valence-electron chi connectivity index (χ1n) is 9.86. The van der Waals surface area contributed by atoms with E-state index in [-0.39, 0.29) is 6.04 Å². The van der Waals surface area contributed by atoms with E-state index in [0.29, 0.717) is 13.2 Å². The van der Waals surface area contributed by atoms with Crippen molar-refractivity contribution in [1.82, 2.24) is 0 Å². The van der Waals surface area contributed by atoms with E-state index in [4.69, 9.17) is 9.47 Å². The van der Waals surface area contributed by atoms with Crippen LogP contribution in [0.3, 0.4) is 0 Å². The zero-order valence-electron chi connectivity index (χ0n) is 17.3. The summed E-state index contributed by atoms with van der Waals surface area (Å²) in [7, 11) is 3.23. The molecule has 3 aromatic carbocycles. The van der Waals surface area contributed by atoms with Crippen molar-refractivity contribution < 1.29 is 22.6 Å². The average Bonchev–Trinajstić information content (AvgIpc) is 3.24. The van der Waals surface area contributed by atoms with Crippen molar-refractivity contribution in [3.63, 3.8) is 0 Å². The third kappa shape index (κ3) is 4.40. The highest BCUT2D eigenvalue weighted by Crippen LogP contribution is 2.37. The van der Waals surface area contributed by atoms with Gasteiger partial charge in [0.05, 0.1) is 32.5 Å². The first-order chi connectivity index (χ1) is 14.9. The molecule has 0 aliphatic carbocycles. The molecule has 1 aliphatic rings. The van der Waals surface area contributed by atoms with Crippen LogP contribution in [0, 0.1) is 0 Å². The largest absolute Gasteiger partial charge is 0.497 e. The monoisotopic (exact) mass is 428 g/mol. The van der Waals surface area contributed by atoms with Gasteiger partial charge in [-0.05, 0) is 66.2 Å². The summed E-state index contributed by atoms with van der Waals surface area (Å²) in [4.78, 5) is 4.39. The lowest BCUT2D eigenvalue weighted by molar-refractivity contribution is -0.137. The Morgan fingerprint density at radius 1 is 0.742 bits per heavy atom. The van der Waals surface area contributed by atoms with Crippen molar-refractivity contribution in [1.29, 1.82) is 0 Å². The van der Waals surface area contributed by atoms with Gasteiger partial charge in [-0.2, -0.15) is 13.2 Å². The van der Waals surface area contributed by atoms with Crippen LogP contribution in [0.5, 0.6) is 11.5 Å². The molecule has 3 aromatic rings. The van der Waals surface area contributed by atoms with Crippen molar-refractivity contribution in [2.45, 2.75) is 12.2 Å². The molecule has 0 aromatic heterocycles. The predicted molar refractivity (Wildman–Crippen MR) is 115 cm³/mol. The van der Waals surface area contributed by atoms with Gasteiger partial charge in [-0.15, -0.1) is 0 Å². The number of nitrogens with zero attached hydrogens (tertiary/aromatic N) is 2. The summed E-state index contributed by atoms with van der Waals surface area (Å²) in [5.41, 5.74) is 2.19. The molecule has 7 heteroatoms. The van der Waals surface area contributed by atoms with E-state index in [2.05, 4.69) is 9.80 Å². The minimum atomic E-state index is -4.35. The molecule has 0 spiro atoms. The number of rotatable bonds is 5. The minimum Gasteiger partial charge on any atom is -0.497 e. The van der Waals surface area contributed by atoms with E-state index in [1.807, 2.05) is 48.5 Å². The van der Waals surface area contributed by atoms with Crippen LogP contribution in [0.25, 0.3) is 0 Å². The van der Waals surface area contributed by atoms with Crippen LogP contribution in [0.4, 0.5) is 24.5 Å². The molecular weight excluding hydrogens is 405 g/mol. The lowest BCUT2D eigenvalue weighted by Gasteiger charge is -2.26. The molecule has 1 aliphatic heterocycles. The summed E-state index contributed by atoms with van der Waals surface area (Å²) < 4.78 is 49.5. The van der Waals surface area contributed by atoms with Crippen LogP contribution in [-0.2, 0) is 6.18 Å². The van der Waals surface area contributed by atoms with Gasteiger partial charge in [-0.1, -0.05) is 12.1 Å². The molecule has 31 heavy (non-hydrogen) atoms. The maximum atomic E-state index is 13.0. The second-order valence-corrected chi connectivity index (χ2v) is 7.37. The molecule has 0 amide bonds. The van der Waals surface area contributed by atoms with E-state index in [1.165, 1.54) is 0 Å². The number of alkyl halides is 3. The molecule has 4 rings (SSSR count). The van der Waals surface area contributed by atoms with Crippen molar-refractivity contribution in [3.8, 4) is 11.5 Å². The molecular formula is C24H23F3N2O2. The molecule has 0 bridgehead atoms. The van der Waals surface area contributed by atoms with Gasteiger partial charge in [0, 0.05) is 17.9 Å². The maximum Gasteiger partial charge on any atom is 0.416 e. The highest BCUT2D eigenvalue weighted by atomic mass is 19.4. The summed E-state index contributed by atoms with van der Waals surface area (Å²) >= 11 is 0. The fourth-order valence-corrected chi connectivity index (χ4v) is 3.84. The lowest BCUT2D eigenvalue weighted by Crippen LogP contribution is -2.26. The van der Waals surface area contributed by atoms with Gasteiger partial charge in [-0.3, -0.25) is 0 Å². The first-order valence-corrected chi connectivity index (χ1v) is 9.86. The van der Waals surface area contributed by atoms with Gasteiger partial charge < -0.3 is 19.3 Å². The minimum absolute atomic E-state index is 0.0993. The molecule has 4 nitrogen and oxygen atoms in total. The average molecular weight is 428 g/mol. The van der Waals surface area contributed by atoms with Crippen molar-refractivity contribution in [2.24, 2.45) is 0 Å². The van der Waals surface area contributed by atoms with E-state index < -0.39 is 11.7 Å². The van der Waals surface area contributed by atoms with Gasteiger partial charge in [0.25, 0.3) is 0 Å². The smallest absolute Gasteiger partial charge is 0.416 e. The zero-order chi connectivity index (χ0) is 22.0. The number of methoxy groups -OCH3 is 2. The SMILES string of the molecule is COc1ccc(N2CC(c3ccc(C(F)(F)F)cc3)N(c3ccc(OC)cc3)C2)cc1. The van der Waals surface area contributed by atoms with Crippen LogP contribution < -0.4 is 19.3 Å². The fourth-order valence-electron chi connectivity index (χ4n) is 3.84. The molecule has 1 unspecified atom stereocenters. The summed E-state index contributed by atoms with van der Waals surface area (Å²) in [6, 6.07) is 20.8. The van der Waals surface area contributed by atoms with E-state index in [1.54, 1.807) is 26.4 Å². The molecule has 162 valence electrons. The Kier molecular flexibility index (Phi) is 5.67. The highest BCUT2D eigenvalue weighted by molar-refractivity contribution is 5.59. The Labute approximate surface area is 179 Å². The molecule has 1 heterocycles. The quantitative estimate of drug-likeness (QED) is 0.517. The van der Waals surface area contributed by atoms with Crippen LogP contribution in [0.15, 0.2) is 72.8 Å². The van der Waals surface area contributed by atoms with Gasteiger partial charge in [0.2, 0.25) is 0 Å². The third-order valence-corrected chi connectivity index (χ3v) is 5.56. The summed E-state index contributed by atoms with van der Waals surface area (Å²) in [6.07, 6.45) is -4.35. The molecule has 1 fully saturated rings. The Morgan fingerprint density at radius 2 is 1.26 bits per heavy atom. The number of hydrogen-bond acceptors (Lipinski definition) is 4. The Bertz CT molecular complexity index is 1000. The van der Waals surface area contributed by atoms with Crippen molar-refractivity contribution in [3.05, 3.63) is 83.9 Å². The van der Waals surface area contributed by atoms with Crippen LogP contribution >= 0.6 is 0 Å². The van der Waals surface area contributed by atoms with E-state index >= 15 is 0 Å². The molecule has 0 N–H and O–H groups in total. The molecule has 0 radical (unpaired) electrons. The number of benzene rings is 3. The van der Waals surface area contributed by atoms with E-state index in [9.17, 15) is 13.2 Å². The normalized spacial score (nSPS) is 16.5. The summed E-state index contributed by atoms with van der Waals surface area (Å²) in [5.74, 6) is 1.52. The second-order valence-electron chi connectivity index (χ2n) is 7.37. The number of ether oxygens (including phenoxy) is 2. The number of halogens is 3. The van der Waals surface area contributed by atoms with E-state index in [0.717, 1.165) is 40.6 Å². The van der Waals surface area contributed by atoms with Gasteiger partial charge in [-0.25, -0.2) is 0 Å². The highest BCUT2D eigenvalue weighted by Gasteiger charge is 2.34. The second kappa shape index (κ2) is 8.41. The fraction of sp³-hybridized carbons (Fsp3) is 0.250. The van der Waals surface area contributed by atoms with Crippen LogP contribution in [-0.4, -0.2) is 27.4 Å². The lowest BCUT2D eigenvalue weighted by atomic mass is 10.0. The van der Waals surface area contributed by atoms with Gasteiger partial charge in [0.1, 0.15) is 11.5 Å². The summed E-state index contributed by atoms with van der Waals surface area (Å²) in [6.45, 7) is 1.24. The molecule has 1 atom stereocenters. The summed E-state index contributed by atoms with van der Waals surface area (Å²) in [5, 5.41) is 0. The number of hydrogen-bond donors (Lipinski definition) is 0. The molecule has 1 saturated heterocycles. The molecule has 0 saturated carbocycles. The topological polar surface area (TPSA) is 24.9 Å². The van der Waals surface area contributed by atoms with Crippen molar-refractivity contribution in [2.75, 3.05) is 37.2 Å². The standard InChI is InChI=1S/C24H23F3N2O2/c1-30-21-11-7-19(8-12-21)28-15-23(17-3-5-18(6-4-17)24(25,26)27)29(16-28)20-9-13-22(31-2)14-10-20/h3-14,23H,15-16H2,1-2H3.